The summed E-state index contributed by atoms with van der Waals surface area (Å²) in [6, 6.07) is 5.25. The van der Waals surface area contributed by atoms with Crippen molar-refractivity contribution in [1.29, 1.82) is 0 Å². The van der Waals surface area contributed by atoms with Gasteiger partial charge in [0.05, 0.1) is 17.8 Å². The van der Waals surface area contributed by atoms with Crippen LogP contribution >= 0.6 is 0 Å². The lowest BCUT2D eigenvalue weighted by Gasteiger charge is -2.26. The van der Waals surface area contributed by atoms with Crippen molar-refractivity contribution in [1.82, 2.24) is 14.6 Å². The molecule has 1 aliphatic rings. The van der Waals surface area contributed by atoms with Crippen LogP contribution in [-0.2, 0) is 0 Å². The molecule has 1 saturated heterocycles. The number of nitrogens with zero attached hydrogens (tertiary/aromatic N) is 4. The zero-order chi connectivity index (χ0) is 23.0. The maximum absolute atomic E-state index is 14.4. The van der Waals surface area contributed by atoms with Crippen LogP contribution in [0.5, 0.6) is 0 Å². The average Bonchev–Trinajstić information content (AvgIpc) is 3.46. The smallest absolute Gasteiger partial charge is 0.172 e. The minimum Gasteiger partial charge on any atom is -0.396 e. The maximum atomic E-state index is 14.4. The van der Waals surface area contributed by atoms with Crippen LogP contribution in [0.2, 0.25) is 0 Å². The second kappa shape index (κ2) is 11.2. The number of anilines is 1. The van der Waals surface area contributed by atoms with E-state index in [4.69, 9.17) is 10.1 Å². The van der Waals surface area contributed by atoms with E-state index < -0.39 is 11.6 Å². The molecule has 1 aliphatic heterocycles. The van der Waals surface area contributed by atoms with E-state index in [0.29, 0.717) is 11.2 Å². The van der Waals surface area contributed by atoms with E-state index in [1.165, 1.54) is 18.6 Å². The van der Waals surface area contributed by atoms with Crippen LogP contribution in [-0.4, -0.2) is 32.9 Å². The second-order valence-electron chi connectivity index (χ2n) is 8.53. The van der Waals surface area contributed by atoms with Gasteiger partial charge in [-0.25, -0.2) is 18.3 Å². The Morgan fingerprint density at radius 2 is 1.88 bits per heavy atom. The first-order valence-corrected chi connectivity index (χ1v) is 11.8. The first kappa shape index (κ1) is 23.2. The van der Waals surface area contributed by atoms with Crippen molar-refractivity contribution in [3.8, 4) is 11.8 Å². The Balaban J connectivity index is 1.44. The number of hydrogen-bond donors (Lipinski definition) is 1. The third-order valence-electron chi connectivity index (χ3n) is 6.15. The molecular weight excluding hydrogens is 422 g/mol. The van der Waals surface area contributed by atoms with Gasteiger partial charge in [0.25, 0.3) is 0 Å². The molecule has 5 nitrogen and oxygen atoms in total. The van der Waals surface area contributed by atoms with Crippen molar-refractivity contribution < 1.29 is 13.9 Å². The molecule has 1 atom stereocenters. The van der Waals surface area contributed by atoms with Gasteiger partial charge >= 0.3 is 0 Å². The van der Waals surface area contributed by atoms with E-state index in [9.17, 15) is 8.78 Å². The Kier molecular flexibility index (Phi) is 7.90. The quantitative estimate of drug-likeness (QED) is 0.348. The van der Waals surface area contributed by atoms with Gasteiger partial charge in [-0.3, -0.25) is 0 Å². The predicted molar refractivity (Wildman–Crippen MR) is 125 cm³/mol. The summed E-state index contributed by atoms with van der Waals surface area (Å²) in [4.78, 5) is 6.83. The lowest BCUT2D eigenvalue weighted by molar-refractivity contribution is 0.282. The normalized spacial score (nSPS) is 15.7. The van der Waals surface area contributed by atoms with Gasteiger partial charge in [0.15, 0.2) is 5.65 Å². The topological polar surface area (TPSA) is 53.7 Å². The molecule has 0 aliphatic carbocycles. The lowest BCUT2D eigenvalue weighted by atomic mass is 10.0. The van der Waals surface area contributed by atoms with Gasteiger partial charge in [-0.15, -0.1) is 0 Å². The third kappa shape index (κ3) is 5.69. The molecule has 0 radical (unpaired) electrons. The van der Waals surface area contributed by atoms with E-state index in [2.05, 4.69) is 16.9 Å². The third-order valence-corrected chi connectivity index (χ3v) is 6.15. The number of fused-ring (bicyclic) bond motifs is 1. The Hall–Kier alpha value is -2.98. The number of hydrogen-bond acceptors (Lipinski definition) is 4. The molecule has 33 heavy (non-hydrogen) atoms. The van der Waals surface area contributed by atoms with E-state index in [1.54, 1.807) is 10.7 Å². The Morgan fingerprint density at radius 1 is 1.06 bits per heavy atom. The molecule has 3 heterocycles. The zero-order valence-electron chi connectivity index (χ0n) is 18.8. The fourth-order valence-corrected chi connectivity index (χ4v) is 4.43. The van der Waals surface area contributed by atoms with Crippen LogP contribution in [0, 0.1) is 23.5 Å². The number of aliphatic hydroxyl groups excluding tert-OH is 1. The van der Waals surface area contributed by atoms with Crippen LogP contribution < -0.4 is 4.90 Å². The van der Waals surface area contributed by atoms with Crippen LogP contribution in [0.4, 0.5) is 14.6 Å². The van der Waals surface area contributed by atoms with E-state index in [1.807, 2.05) is 17.2 Å². The van der Waals surface area contributed by atoms with Crippen LogP contribution in [0.1, 0.15) is 75.0 Å². The van der Waals surface area contributed by atoms with Crippen molar-refractivity contribution in [3.05, 3.63) is 59.4 Å². The Bertz CT molecular complexity index is 1130. The van der Waals surface area contributed by atoms with E-state index >= 15 is 0 Å². The van der Waals surface area contributed by atoms with E-state index in [0.717, 1.165) is 75.4 Å². The summed E-state index contributed by atoms with van der Waals surface area (Å²) >= 11 is 0. The van der Waals surface area contributed by atoms with Gasteiger partial charge in [-0.05, 0) is 49.9 Å². The second-order valence-corrected chi connectivity index (χ2v) is 8.53. The molecule has 1 N–H and O–H groups in total. The fourth-order valence-electron chi connectivity index (χ4n) is 4.43. The molecule has 174 valence electrons. The number of unbranched alkanes of at least 4 members (excludes halogenated alkanes) is 6. The minimum absolute atomic E-state index is 0.245. The predicted octanol–water partition coefficient (Wildman–Crippen LogP) is 5.42. The molecule has 3 aromatic rings. The number of benzene rings is 1. The summed E-state index contributed by atoms with van der Waals surface area (Å²) in [5.41, 5.74) is 1.82. The van der Waals surface area contributed by atoms with Gasteiger partial charge < -0.3 is 10.0 Å². The van der Waals surface area contributed by atoms with Crippen molar-refractivity contribution in [2.45, 2.75) is 63.8 Å². The molecule has 1 aromatic carbocycles. The van der Waals surface area contributed by atoms with Crippen LogP contribution in [0.3, 0.4) is 0 Å². The molecular formula is C26H30F2N4O. The summed E-state index contributed by atoms with van der Waals surface area (Å²) in [5.74, 6) is 6.33. The Labute approximate surface area is 193 Å². The fraction of sp³-hybridized carbons (Fsp3) is 0.462. The van der Waals surface area contributed by atoms with Crippen molar-refractivity contribution >= 4 is 11.5 Å². The summed E-state index contributed by atoms with van der Waals surface area (Å²) in [7, 11) is 0. The molecule has 0 unspecified atom stereocenters. The largest absolute Gasteiger partial charge is 0.396 e. The molecule has 7 heteroatoms. The van der Waals surface area contributed by atoms with Crippen LogP contribution in [0.15, 0.2) is 36.7 Å². The maximum Gasteiger partial charge on any atom is 0.172 e. The van der Waals surface area contributed by atoms with Gasteiger partial charge in [-0.1, -0.05) is 37.5 Å². The molecule has 0 saturated carbocycles. The first-order chi connectivity index (χ1) is 16.2. The number of rotatable bonds is 9. The number of aliphatic hydroxyl groups is 1. The molecule has 2 aromatic heterocycles. The monoisotopic (exact) mass is 452 g/mol. The summed E-state index contributed by atoms with van der Waals surface area (Å²) in [5, 5.41) is 13.2. The highest BCUT2D eigenvalue weighted by atomic mass is 19.1. The molecule has 0 spiro atoms. The van der Waals surface area contributed by atoms with Gasteiger partial charge in [0.1, 0.15) is 17.5 Å². The molecule has 4 rings (SSSR count). The standard InChI is InChI=1S/C26H30F2N4O/c27-21-12-13-23(28)22(18-21)24-11-9-15-31(24)25-14-16-32-26(30-25)20(19-29-32)10-7-5-3-1-2-4-6-8-17-33/h12-14,16,18-19,24,33H,1-6,8-9,11,15,17H2/t24-/m1/s1. The summed E-state index contributed by atoms with van der Waals surface area (Å²) in [6.07, 6.45) is 12.5. The molecule has 1 fully saturated rings. The average molecular weight is 453 g/mol. The minimum atomic E-state index is -0.430. The Morgan fingerprint density at radius 3 is 2.73 bits per heavy atom. The highest BCUT2D eigenvalue weighted by molar-refractivity contribution is 5.59. The summed E-state index contributed by atoms with van der Waals surface area (Å²) in [6.45, 7) is 1.01. The number of halogens is 2. The van der Waals surface area contributed by atoms with Crippen molar-refractivity contribution in [2.24, 2.45) is 0 Å². The van der Waals surface area contributed by atoms with Gasteiger partial charge in [0.2, 0.25) is 0 Å². The lowest BCUT2D eigenvalue weighted by Crippen LogP contribution is -2.24. The number of aromatic nitrogens is 3. The molecule has 0 bridgehead atoms. The van der Waals surface area contributed by atoms with Gasteiger partial charge in [-0.2, -0.15) is 5.10 Å². The van der Waals surface area contributed by atoms with Crippen molar-refractivity contribution in [3.63, 3.8) is 0 Å². The van der Waals surface area contributed by atoms with Crippen molar-refractivity contribution in [2.75, 3.05) is 18.1 Å². The highest BCUT2D eigenvalue weighted by Gasteiger charge is 2.30. The van der Waals surface area contributed by atoms with Crippen LogP contribution in [0.25, 0.3) is 5.65 Å². The molecule has 0 amide bonds. The summed E-state index contributed by atoms with van der Waals surface area (Å²) < 4.78 is 29.9. The SMILES string of the molecule is OCCCCCCCCC#Cc1cnn2ccc(N3CCC[C@@H]3c3cc(F)ccc3F)nc12. The van der Waals surface area contributed by atoms with Gasteiger partial charge in [0, 0.05) is 31.3 Å². The first-order valence-electron chi connectivity index (χ1n) is 11.8. The zero-order valence-corrected chi connectivity index (χ0v) is 18.8. The van der Waals surface area contributed by atoms with E-state index in [-0.39, 0.29) is 12.6 Å². The highest BCUT2D eigenvalue weighted by Crippen LogP contribution is 2.36.